The van der Waals surface area contributed by atoms with Crippen molar-refractivity contribution in [3.05, 3.63) is 76.1 Å². The van der Waals surface area contributed by atoms with Crippen LogP contribution in [0.4, 0.5) is 11.4 Å². The number of nitro benzene ring substituents is 1. The summed E-state index contributed by atoms with van der Waals surface area (Å²) >= 11 is 1.41. The summed E-state index contributed by atoms with van der Waals surface area (Å²) in [5.41, 5.74) is 2.46. The van der Waals surface area contributed by atoms with Crippen LogP contribution in [0.5, 0.6) is 0 Å². The van der Waals surface area contributed by atoms with Crippen LogP contribution in [0.2, 0.25) is 0 Å². The lowest BCUT2D eigenvalue weighted by Gasteiger charge is -2.09. The molecule has 0 aliphatic carbocycles. The first-order valence-electron chi connectivity index (χ1n) is 8.73. The monoisotopic (exact) mass is 396 g/mol. The molecule has 0 unspecified atom stereocenters. The minimum absolute atomic E-state index is 0.0599. The fraction of sp³-hybridized carbons (Fsp3) is 0.200. The van der Waals surface area contributed by atoms with E-state index in [9.17, 15) is 14.9 Å². The zero-order valence-electron chi connectivity index (χ0n) is 15.6. The minimum atomic E-state index is -0.456. The van der Waals surface area contributed by atoms with Crippen LogP contribution in [0.25, 0.3) is 0 Å². The van der Waals surface area contributed by atoms with E-state index in [0.717, 1.165) is 16.2 Å². The van der Waals surface area contributed by atoms with E-state index in [2.05, 4.69) is 10.4 Å². The number of aryl methyl sites for hydroxylation is 3. The van der Waals surface area contributed by atoms with Gasteiger partial charge in [-0.3, -0.25) is 19.6 Å². The molecular weight excluding hydrogens is 376 g/mol. The number of aromatic nitrogens is 2. The van der Waals surface area contributed by atoms with Crippen LogP contribution in [0.1, 0.15) is 17.7 Å². The molecule has 7 nitrogen and oxygen atoms in total. The Morgan fingerprint density at radius 1 is 1.14 bits per heavy atom. The molecule has 1 amide bonds. The first-order chi connectivity index (χ1) is 13.4. The standard InChI is InChI=1S/C20H20N4O3S/c1-14-3-5-18(6-4-14)28-19-12-16(11-17(13-19)24(26)27)22-20(25)8-10-23-15(2)7-9-21-23/h3-7,9,11-13H,8,10H2,1-2H3,(H,22,25). The first-order valence-corrected chi connectivity index (χ1v) is 9.54. The van der Waals surface area contributed by atoms with Gasteiger partial charge in [-0.25, -0.2) is 0 Å². The SMILES string of the molecule is Cc1ccc(Sc2cc(NC(=O)CCn3nccc3C)cc([N+](=O)[O-])c2)cc1. The third-order valence-corrected chi connectivity index (χ3v) is 5.10. The van der Waals surface area contributed by atoms with Gasteiger partial charge in [0.1, 0.15) is 0 Å². The summed E-state index contributed by atoms with van der Waals surface area (Å²) in [5, 5.41) is 18.2. The van der Waals surface area contributed by atoms with Gasteiger partial charge >= 0.3 is 0 Å². The Balaban J connectivity index is 1.73. The lowest BCUT2D eigenvalue weighted by atomic mass is 10.2. The summed E-state index contributed by atoms with van der Waals surface area (Å²) in [7, 11) is 0. The van der Waals surface area contributed by atoms with Crippen molar-refractivity contribution >= 4 is 29.0 Å². The van der Waals surface area contributed by atoms with Gasteiger partial charge in [0.2, 0.25) is 5.91 Å². The molecule has 1 N–H and O–H groups in total. The van der Waals surface area contributed by atoms with Gasteiger partial charge < -0.3 is 5.32 Å². The maximum Gasteiger partial charge on any atom is 0.272 e. The van der Waals surface area contributed by atoms with Gasteiger partial charge in [-0.2, -0.15) is 5.10 Å². The highest BCUT2D eigenvalue weighted by atomic mass is 32.2. The smallest absolute Gasteiger partial charge is 0.272 e. The molecule has 0 fully saturated rings. The van der Waals surface area contributed by atoms with E-state index in [4.69, 9.17) is 0 Å². The molecule has 0 spiro atoms. The molecule has 3 rings (SSSR count). The maximum atomic E-state index is 12.3. The van der Waals surface area contributed by atoms with Crippen LogP contribution in [0.15, 0.2) is 64.5 Å². The summed E-state index contributed by atoms with van der Waals surface area (Å²) in [6, 6.07) is 14.4. The van der Waals surface area contributed by atoms with E-state index in [1.807, 2.05) is 44.2 Å². The molecule has 0 aliphatic heterocycles. The van der Waals surface area contributed by atoms with Crippen molar-refractivity contribution in [3.63, 3.8) is 0 Å². The zero-order valence-corrected chi connectivity index (χ0v) is 16.4. The van der Waals surface area contributed by atoms with E-state index in [-0.39, 0.29) is 18.0 Å². The Bertz CT molecular complexity index is 999. The average Bonchev–Trinajstić information content (AvgIpc) is 3.06. The van der Waals surface area contributed by atoms with Crippen molar-refractivity contribution in [2.24, 2.45) is 0 Å². The van der Waals surface area contributed by atoms with Crippen LogP contribution in [-0.4, -0.2) is 20.6 Å². The zero-order chi connectivity index (χ0) is 20.1. The van der Waals surface area contributed by atoms with Crippen LogP contribution in [0, 0.1) is 24.0 Å². The van der Waals surface area contributed by atoms with E-state index in [1.54, 1.807) is 16.9 Å². The van der Waals surface area contributed by atoms with E-state index < -0.39 is 4.92 Å². The number of nitro groups is 1. The van der Waals surface area contributed by atoms with Crippen LogP contribution in [-0.2, 0) is 11.3 Å². The summed E-state index contributed by atoms with van der Waals surface area (Å²) in [6.45, 7) is 4.37. The van der Waals surface area contributed by atoms with Crippen molar-refractivity contribution in [3.8, 4) is 0 Å². The normalized spacial score (nSPS) is 10.6. The Hall–Kier alpha value is -3.13. The van der Waals surface area contributed by atoms with Crippen molar-refractivity contribution in [2.75, 3.05) is 5.32 Å². The van der Waals surface area contributed by atoms with E-state index >= 15 is 0 Å². The average molecular weight is 396 g/mol. The summed E-state index contributed by atoms with van der Waals surface area (Å²) in [5.74, 6) is -0.221. The number of rotatable bonds is 7. The molecule has 1 aromatic heterocycles. The predicted octanol–water partition coefficient (Wildman–Crippen LogP) is 4.59. The maximum absolute atomic E-state index is 12.3. The molecule has 0 aliphatic rings. The molecule has 0 bridgehead atoms. The van der Waals surface area contributed by atoms with Gasteiger partial charge in [0, 0.05) is 52.5 Å². The van der Waals surface area contributed by atoms with Crippen LogP contribution >= 0.6 is 11.8 Å². The minimum Gasteiger partial charge on any atom is -0.326 e. The predicted molar refractivity (Wildman–Crippen MR) is 109 cm³/mol. The summed E-state index contributed by atoms with van der Waals surface area (Å²) < 4.78 is 1.74. The number of carbonyl (C=O) groups is 1. The summed E-state index contributed by atoms with van der Waals surface area (Å²) in [6.07, 6.45) is 1.91. The van der Waals surface area contributed by atoms with Crippen molar-refractivity contribution in [1.29, 1.82) is 0 Å². The Kier molecular flexibility index (Phi) is 6.10. The van der Waals surface area contributed by atoms with Crippen LogP contribution < -0.4 is 5.32 Å². The third-order valence-electron chi connectivity index (χ3n) is 4.12. The van der Waals surface area contributed by atoms with Crippen LogP contribution in [0.3, 0.4) is 0 Å². The molecule has 0 saturated heterocycles. The van der Waals surface area contributed by atoms with Crippen molar-refractivity contribution < 1.29 is 9.72 Å². The quantitative estimate of drug-likeness (QED) is 0.466. The van der Waals surface area contributed by atoms with Gasteiger partial charge in [-0.15, -0.1) is 0 Å². The molecule has 0 atom stereocenters. The second-order valence-corrected chi connectivity index (χ2v) is 7.53. The molecule has 8 heteroatoms. The Labute approximate surface area is 166 Å². The van der Waals surface area contributed by atoms with E-state index in [0.29, 0.717) is 17.1 Å². The van der Waals surface area contributed by atoms with Gasteiger partial charge in [0.25, 0.3) is 5.69 Å². The highest BCUT2D eigenvalue weighted by Crippen LogP contribution is 2.33. The molecule has 3 aromatic rings. The largest absolute Gasteiger partial charge is 0.326 e. The lowest BCUT2D eigenvalue weighted by molar-refractivity contribution is -0.385. The first kappa shape index (κ1) is 19.6. The fourth-order valence-electron chi connectivity index (χ4n) is 2.63. The topological polar surface area (TPSA) is 90.1 Å². The number of carbonyl (C=O) groups excluding carboxylic acids is 1. The Morgan fingerprint density at radius 3 is 2.54 bits per heavy atom. The number of anilines is 1. The van der Waals surface area contributed by atoms with E-state index in [1.165, 1.54) is 23.9 Å². The molecule has 0 saturated carbocycles. The number of benzene rings is 2. The van der Waals surface area contributed by atoms with Crippen molar-refractivity contribution in [1.82, 2.24) is 9.78 Å². The number of nitrogens with zero attached hydrogens (tertiary/aromatic N) is 3. The molecule has 2 aromatic carbocycles. The number of hydrogen-bond donors (Lipinski definition) is 1. The lowest BCUT2D eigenvalue weighted by Crippen LogP contribution is -2.15. The number of non-ortho nitro benzene ring substituents is 1. The third kappa shape index (κ3) is 5.20. The fourth-order valence-corrected chi connectivity index (χ4v) is 3.54. The highest BCUT2D eigenvalue weighted by molar-refractivity contribution is 7.99. The van der Waals surface area contributed by atoms with Crippen molar-refractivity contribution in [2.45, 2.75) is 36.6 Å². The number of amides is 1. The number of nitrogens with one attached hydrogen (secondary N) is 1. The molecule has 0 radical (unpaired) electrons. The van der Waals surface area contributed by atoms with Gasteiger partial charge in [-0.1, -0.05) is 29.5 Å². The second kappa shape index (κ2) is 8.71. The Morgan fingerprint density at radius 2 is 1.89 bits per heavy atom. The summed E-state index contributed by atoms with van der Waals surface area (Å²) in [4.78, 5) is 24.8. The molecule has 144 valence electrons. The van der Waals surface area contributed by atoms with Gasteiger partial charge in [0.05, 0.1) is 4.92 Å². The van der Waals surface area contributed by atoms with Gasteiger partial charge in [-0.05, 0) is 38.1 Å². The molecule has 1 heterocycles. The van der Waals surface area contributed by atoms with Gasteiger partial charge in [0.15, 0.2) is 0 Å². The molecular formula is C20H20N4O3S. The highest BCUT2D eigenvalue weighted by Gasteiger charge is 2.13. The second-order valence-electron chi connectivity index (χ2n) is 6.38. The number of hydrogen-bond acceptors (Lipinski definition) is 5. The molecule has 28 heavy (non-hydrogen) atoms.